The van der Waals surface area contributed by atoms with Gasteiger partial charge in [-0.25, -0.2) is 4.52 Å². The van der Waals surface area contributed by atoms with Gasteiger partial charge in [0.05, 0.1) is 0 Å². The van der Waals surface area contributed by atoms with Gasteiger partial charge in [0.15, 0.2) is 5.75 Å². The average Bonchev–Trinajstić information content (AvgIpc) is 2.32. The molecule has 0 saturated heterocycles. The van der Waals surface area contributed by atoms with E-state index in [4.69, 9.17) is 9.42 Å². The maximum absolute atomic E-state index is 10.7. The fourth-order valence-corrected chi connectivity index (χ4v) is 1.99. The van der Waals surface area contributed by atoms with Crippen LogP contribution in [0.4, 0.5) is 0 Å². The van der Waals surface area contributed by atoms with E-state index in [0.717, 1.165) is 11.1 Å². The Morgan fingerprint density at radius 2 is 1.65 bits per heavy atom. The smallest absolute Gasteiger partial charge is 0.229 e. The van der Waals surface area contributed by atoms with Crippen LogP contribution in [0.15, 0.2) is 54.6 Å². The molecule has 0 aliphatic rings. The molecule has 2 rings (SSSR count). The second-order valence-corrected chi connectivity index (χ2v) is 4.26. The molecule has 1 unspecified atom stereocenters. The van der Waals surface area contributed by atoms with Gasteiger partial charge in [-0.05, 0) is 11.6 Å². The van der Waals surface area contributed by atoms with E-state index < -0.39 is 8.25 Å². The predicted molar refractivity (Wildman–Crippen MR) is 66.1 cm³/mol. The zero-order valence-corrected chi connectivity index (χ0v) is 10.0. The molecule has 2 aromatic rings. The largest absolute Gasteiger partial charge is 0.747 e. The molecule has 0 aliphatic heterocycles. The first-order chi connectivity index (χ1) is 8.25. The summed E-state index contributed by atoms with van der Waals surface area (Å²) in [5.41, 5.74) is 2.04. The lowest BCUT2D eigenvalue weighted by atomic mass is 10.0. The molecule has 0 spiro atoms. The molecule has 0 amide bonds. The van der Waals surface area contributed by atoms with Crippen molar-refractivity contribution in [2.75, 3.05) is 0 Å². The van der Waals surface area contributed by atoms with Crippen molar-refractivity contribution in [3.8, 4) is 5.75 Å². The molecule has 86 valence electrons. The van der Waals surface area contributed by atoms with Crippen LogP contribution in [0.3, 0.4) is 0 Å². The van der Waals surface area contributed by atoms with Crippen LogP contribution in [-0.2, 0) is 11.0 Å². The van der Waals surface area contributed by atoms with Crippen molar-refractivity contribution in [2.24, 2.45) is 0 Å². The Hall–Kier alpha value is -1.70. The Balaban J connectivity index is 2.23. The third kappa shape index (κ3) is 3.38. The maximum atomic E-state index is 10.7. The number of para-hydroxylation sites is 1. The zero-order valence-electron chi connectivity index (χ0n) is 9.11. The van der Waals surface area contributed by atoms with E-state index in [-0.39, 0.29) is 0 Å². The van der Waals surface area contributed by atoms with Crippen molar-refractivity contribution in [3.05, 3.63) is 65.7 Å². The van der Waals surface area contributed by atoms with Crippen LogP contribution in [0.25, 0.3) is 0 Å². The Kier molecular flexibility index (Phi) is 3.86. The summed E-state index contributed by atoms with van der Waals surface area (Å²) in [4.78, 5) is 8.78. The topological polar surface area (TPSA) is 46.5 Å². The summed E-state index contributed by atoms with van der Waals surface area (Å²) in [5, 5.41) is 0. The highest BCUT2D eigenvalue weighted by Crippen LogP contribution is 2.28. The van der Waals surface area contributed by atoms with Crippen molar-refractivity contribution in [1.29, 1.82) is 0 Å². The van der Waals surface area contributed by atoms with E-state index >= 15 is 0 Å². The minimum Gasteiger partial charge on any atom is -0.229 e. The van der Waals surface area contributed by atoms with Gasteiger partial charge in [-0.3, -0.25) is 0 Å². The van der Waals surface area contributed by atoms with Gasteiger partial charge < -0.3 is 0 Å². The fourth-order valence-electron chi connectivity index (χ4n) is 1.64. The van der Waals surface area contributed by atoms with Gasteiger partial charge in [0.25, 0.3) is 0 Å². The molecule has 17 heavy (non-hydrogen) atoms. The standard InChI is InChI=1S/C13H11O3P/c14-17(15)16-13-9-5-4-8-12(13)10-11-6-2-1-3-7-11/h1-9H,10H2/p+1. The predicted octanol–water partition coefficient (Wildman–Crippen LogP) is 3.31. The van der Waals surface area contributed by atoms with Crippen LogP contribution in [0.1, 0.15) is 11.1 Å². The Bertz CT molecular complexity index is 511. The molecule has 0 bridgehead atoms. The molecule has 0 aromatic heterocycles. The second-order valence-electron chi connectivity index (χ2n) is 3.60. The summed E-state index contributed by atoms with van der Waals surface area (Å²) in [5.74, 6) is 0.458. The van der Waals surface area contributed by atoms with Crippen LogP contribution in [-0.4, -0.2) is 4.89 Å². The van der Waals surface area contributed by atoms with E-state index in [1.807, 2.05) is 42.5 Å². The van der Waals surface area contributed by atoms with Crippen LogP contribution in [0.2, 0.25) is 0 Å². The molecule has 0 heterocycles. The van der Waals surface area contributed by atoms with Gasteiger partial charge in [-0.1, -0.05) is 48.5 Å². The molecule has 3 nitrogen and oxygen atoms in total. The van der Waals surface area contributed by atoms with Crippen LogP contribution >= 0.6 is 8.25 Å². The summed E-state index contributed by atoms with van der Waals surface area (Å²) in [7, 11) is -2.62. The van der Waals surface area contributed by atoms with Crippen molar-refractivity contribution in [1.82, 2.24) is 0 Å². The molecule has 4 heteroatoms. The van der Waals surface area contributed by atoms with Crippen LogP contribution in [0.5, 0.6) is 5.75 Å². The Morgan fingerprint density at radius 1 is 1.00 bits per heavy atom. The Labute approximate surface area is 101 Å². The highest BCUT2D eigenvalue weighted by atomic mass is 31.1. The zero-order chi connectivity index (χ0) is 12.1. The lowest BCUT2D eigenvalue weighted by Gasteiger charge is -2.03. The number of hydrogen-bond donors (Lipinski definition) is 1. The van der Waals surface area contributed by atoms with Gasteiger partial charge in [0.2, 0.25) is 0 Å². The summed E-state index contributed by atoms with van der Waals surface area (Å²) < 4.78 is 15.6. The van der Waals surface area contributed by atoms with Crippen LogP contribution in [0, 0.1) is 0 Å². The third-order valence-corrected chi connectivity index (χ3v) is 2.74. The first-order valence-electron chi connectivity index (χ1n) is 5.21. The molecule has 0 saturated carbocycles. The maximum Gasteiger partial charge on any atom is 0.747 e. The van der Waals surface area contributed by atoms with E-state index in [9.17, 15) is 4.57 Å². The monoisotopic (exact) mass is 247 g/mol. The first-order valence-corrected chi connectivity index (χ1v) is 6.34. The van der Waals surface area contributed by atoms with Crippen molar-refractivity contribution in [3.63, 3.8) is 0 Å². The summed E-state index contributed by atoms with van der Waals surface area (Å²) >= 11 is 0. The minimum atomic E-state index is -2.62. The number of hydrogen-bond acceptors (Lipinski definition) is 2. The highest BCUT2D eigenvalue weighted by Gasteiger charge is 2.17. The van der Waals surface area contributed by atoms with Gasteiger partial charge in [-0.15, -0.1) is 4.89 Å². The summed E-state index contributed by atoms with van der Waals surface area (Å²) in [6.45, 7) is 0. The molecule has 1 atom stereocenters. The summed E-state index contributed by atoms with van der Waals surface area (Å²) in [6.07, 6.45) is 0.681. The normalized spacial score (nSPS) is 11.0. The van der Waals surface area contributed by atoms with Gasteiger partial charge in [0, 0.05) is 16.5 Å². The van der Waals surface area contributed by atoms with E-state index in [0.29, 0.717) is 12.2 Å². The number of rotatable bonds is 4. The molecule has 0 aliphatic carbocycles. The van der Waals surface area contributed by atoms with E-state index in [1.54, 1.807) is 12.1 Å². The van der Waals surface area contributed by atoms with Gasteiger partial charge in [0.1, 0.15) is 0 Å². The lowest BCUT2D eigenvalue weighted by molar-refractivity contribution is 0.409. The molecule has 0 fully saturated rings. The first kappa shape index (κ1) is 11.8. The SMILES string of the molecule is O=[P+](O)Oc1ccccc1Cc1ccccc1. The van der Waals surface area contributed by atoms with Gasteiger partial charge in [-0.2, -0.15) is 0 Å². The van der Waals surface area contributed by atoms with E-state index in [1.165, 1.54) is 0 Å². The quantitative estimate of drug-likeness (QED) is 0.843. The molecule has 0 radical (unpaired) electrons. The Morgan fingerprint density at radius 3 is 2.35 bits per heavy atom. The molecule has 1 N–H and O–H groups in total. The van der Waals surface area contributed by atoms with Crippen LogP contribution < -0.4 is 4.52 Å². The average molecular weight is 247 g/mol. The highest BCUT2D eigenvalue weighted by molar-refractivity contribution is 7.32. The molecular weight excluding hydrogens is 235 g/mol. The molecule has 2 aromatic carbocycles. The van der Waals surface area contributed by atoms with E-state index in [2.05, 4.69) is 0 Å². The fraction of sp³-hybridized carbons (Fsp3) is 0.0769. The lowest BCUT2D eigenvalue weighted by Crippen LogP contribution is -1.92. The third-order valence-electron chi connectivity index (χ3n) is 2.39. The summed E-state index contributed by atoms with van der Waals surface area (Å²) in [6, 6.07) is 17.2. The minimum absolute atomic E-state index is 0.458. The van der Waals surface area contributed by atoms with Crippen molar-refractivity contribution >= 4 is 8.25 Å². The number of benzene rings is 2. The second kappa shape index (κ2) is 5.58. The van der Waals surface area contributed by atoms with Crippen molar-refractivity contribution in [2.45, 2.75) is 6.42 Å². The van der Waals surface area contributed by atoms with Gasteiger partial charge >= 0.3 is 8.25 Å². The van der Waals surface area contributed by atoms with Crippen molar-refractivity contribution < 1.29 is 14.0 Å². The molecular formula is C13H12O3P+.